The number of halogens is 2. The zero-order chi connectivity index (χ0) is 13.9. The van der Waals surface area contributed by atoms with Crippen molar-refractivity contribution in [1.29, 1.82) is 0 Å². The third kappa shape index (κ3) is 4.07. The van der Waals surface area contributed by atoms with E-state index in [0.717, 1.165) is 0 Å². The highest BCUT2D eigenvalue weighted by molar-refractivity contribution is 9.10. The summed E-state index contributed by atoms with van der Waals surface area (Å²) in [4.78, 5) is 13.7. The predicted octanol–water partition coefficient (Wildman–Crippen LogP) is 2.65. The third-order valence-corrected chi connectivity index (χ3v) is 3.13. The summed E-state index contributed by atoms with van der Waals surface area (Å²) in [6.07, 6.45) is 0. The van der Waals surface area contributed by atoms with E-state index in [0.29, 0.717) is 23.1 Å². The van der Waals surface area contributed by atoms with Gasteiger partial charge >= 0.3 is 0 Å². The third-order valence-electron chi connectivity index (χ3n) is 2.67. The monoisotopic (exact) mass is 316 g/mol. The molecule has 0 aromatic heterocycles. The Morgan fingerprint density at radius 3 is 2.56 bits per heavy atom. The van der Waals surface area contributed by atoms with Crippen molar-refractivity contribution in [2.45, 2.75) is 13.8 Å². The van der Waals surface area contributed by atoms with Crippen LogP contribution in [0.1, 0.15) is 24.2 Å². The van der Waals surface area contributed by atoms with Crippen LogP contribution in [0, 0.1) is 11.2 Å². The van der Waals surface area contributed by atoms with Gasteiger partial charge in [0.25, 0.3) is 5.91 Å². The van der Waals surface area contributed by atoms with Gasteiger partial charge in [0, 0.05) is 23.6 Å². The number of amides is 1. The Kier molecular flexibility index (Phi) is 4.87. The number of benzene rings is 1. The van der Waals surface area contributed by atoms with Crippen LogP contribution in [0.3, 0.4) is 0 Å². The van der Waals surface area contributed by atoms with E-state index >= 15 is 0 Å². The molecule has 0 heterocycles. The summed E-state index contributed by atoms with van der Waals surface area (Å²) in [5.41, 5.74) is 5.81. The molecule has 0 radical (unpaired) electrons. The molecular weight excluding hydrogens is 299 g/mol. The van der Waals surface area contributed by atoms with Crippen LogP contribution in [-0.2, 0) is 0 Å². The summed E-state index contributed by atoms with van der Waals surface area (Å²) < 4.78 is 13.8. The molecule has 0 aliphatic carbocycles. The minimum Gasteiger partial charge on any atom is -0.341 e. The van der Waals surface area contributed by atoms with E-state index in [1.54, 1.807) is 18.0 Å². The average molecular weight is 317 g/mol. The molecule has 0 atom stereocenters. The molecule has 0 fully saturated rings. The Labute approximate surface area is 115 Å². The second-order valence-corrected chi connectivity index (χ2v) is 6.10. The Balaban J connectivity index is 2.87. The van der Waals surface area contributed by atoms with Crippen LogP contribution in [0.5, 0.6) is 0 Å². The molecule has 1 aromatic rings. The summed E-state index contributed by atoms with van der Waals surface area (Å²) in [5.74, 6) is -0.643. The maximum absolute atomic E-state index is 13.2. The lowest BCUT2D eigenvalue weighted by Crippen LogP contribution is -2.39. The SMILES string of the molecule is CN(CC(C)(C)CN)C(=O)c1cc(F)cc(Br)c1. The van der Waals surface area contributed by atoms with Gasteiger partial charge in [0.15, 0.2) is 0 Å². The van der Waals surface area contributed by atoms with Crippen LogP contribution in [0.2, 0.25) is 0 Å². The van der Waals surface area contributed by atoms with Crippen molar-refractivity contribution in [2.24, 2.45) is 11.1 Å². The summed E-state index contributed by atoms with van der Waals surface area (Å²) in [5, 5.41) is 0. The first-order chi connectivity index (χ1) is 8.25. The maximum Gasteiger partial charge on any atom is 0.253 e. The quantitative estimate of drug-likeness (QED) is 0.928. The van der Waals surface area contributed by atoms with E-state index in [1.165, 1.54) is 12.1 Å². The Bertz CT molecular complexity index is 428. The van der Waals surface area contributed by atoms with Gasteiger partial charge in [-0.1, -0.05) is 29.8 Å². The zero-order valence-electron chi connectivity index (χ0n) is 10.8. The second-order valence-electron chi connectivity index (χ2n) is 5.19. The zero-order valence-corrected chi connectivity index (χ0v) is 12.4. The molecule has 18 heavy (non-hydrogen) atoms. The largest absolute Gasteiger partial charge is 0.341 e. The Hall–Kier alpha value is -0.940. The van der Waals surface area contributed by atoms with Gasteiger partial charge in [-0.25, -0.2) is 4.39 Å². The first kappa shape index (κ1) is 15.1. The Morgan fingerprint density at radius 2 is 2.06 bits per heavy atom. The standard InChI is InChI=1S/C13H18BrFN2O/c1-13(2,7-16)8-17(3)12(18)9-4-10(14)6-11(15)5-9/h4-6H,7-8,16H2,1-3H3. The predicted molar refractivity (Wildman–Crippen MR) is 73.9 cm³/mol. The molecule has 3 nitrogen and oxygen atoms in total. The minimum absolute atomic E-state index is 0.158. The van der Waals surface area contributed by atoms with Crippen LogP contribution in [0.25, 0.3) is 0 Å². The van der Waals surface area contributed by atoms with Crippen molar-refractivity contribution < 1.29 is 9.18 Å². The van der Waals surface area contributed by atoms with Crippen LogP contribution in [-0.4, -0.2) is 30.9 Å². The molecule has 2 N–H and O–H groups in total. The van der Waals surface area contributed by atoms with E-state index in [9.17, 15) is 9.18 Å². The van der Waals surface area contributed by atoms with Crippen molar-refractivity contribution in [3.8, 4) is 0 Å². The number of rotatable bonds is 4. The first-order valence-corrected chi connectivity index (χ1v) is 6.46. The molecule has 0 aliphatic heterocycles. The molecule has 0 saturated heterocycles. The lowest BCUT2D eigenvalue weighted by Gasteiger charge is -2.29. The van der Waals surface area contributed by atoms with Crippen molar-refractivity contribution in [2.75, 3.05) is 20.1 Å². The molecule has 0 saturated carbocycles. The van der Waals surface area contributed by atoms with Gasteiger partial charge < -0.3 is 10.6 Å². The van der Waals surface area contributed by atoms with Gasteiger partial charge in [-0.05, 0) is 30.2 Å². The maximum atomic E-state index is 13.2. The lowest BCUT2D eigenvalue weighted by molar-refractivity contribution is 0.0740. The van der Waals surface area contributed by atoms with Gasteiger partial charge in [-0.2, -0.15) is 0 Å². The number of carbonyl (C=O) groups is 1. The minimum atomic E-state index is -0.431. The van der Waals surface area contributed by atoms with Crippen molar-refractivity contribution in [3.05, 3.63) is 34.1 Å². The number of nitrogens with zero attached hydrogens (tertiary/aromatic N) is 1. The van der Waals surface area contributed by atoms with Crippen LogP contribution < -0.4 is 5.73 Å². The summed E-state index contributed by atoms with van der Waals surface area (Å²) in [6, 6.07) is 4.16. The van der Waals surface area contributed by atoms with Gasteiger partial charge in [0.1, 0.15) is 5.82 Å². The molecule has 0 bridgehead atoms. The molecule has 5 heteroatoms. The van der Waals surface area contributed by atoms with E-state index in [1.807, 2.05) is 13.8 Å². The van der Waals surface area contributed by atoms with E-state index in [2.05, 4.69) is 15.9 Å². The number of carbonyl (C=O) groups excluding carboxylic acids is 1. The smallest absolute Gasteiger partial charge is 0.253 e. The fourth-order valence-corrected chi connectivity index (χ4v) is 2.14. The summed E-state index contributed by atoms with van der Waals surface area (Å²) in [6.45, 7) is 4.98. The van der Waals surface area contributed by atoms with Crippen molar-refractivity contribution >= 4 is 21.8 Å². The average Bonchev–Trinajstić information content (AvgIpc) is 2.26. The highest BCUT2D eigenvalue weighted by atomic mass is 79.9. The topological polar surface area (TPSA) is 46.3 Å². The van der Waals surface area contributed by atoms with Gasteiger partial charge in [-0.3, -0.25) is 4.79 Å². The fourth-order valence-electron chi connectivity index (χ4n) is 1.68. The normalized spacial score (nSPS) is 11.4. The van der Waals surface area contributed by atoms with Crippen molar-refractivity contribution in [3.63, 3.8) is 0 Å². The highest BCUT2D eigenvalue weighted by Crippen LogP contribution is 2.19. The lowest BCUT2D eigenvalue weighted by atomic mass is 9.93. The molecule has 1 amide bonds. The molecule has 1 aromatic carbocycles. The second kappa shape index (κ2) is 5.80. The van der Waals surface area contributed by atoms with Gasteiger partial charge in [0.2, 0.25) is 0 Å². The molecule has 1 rings (SSSR count). The number of hydrogen-bond donors (Lipinski definition) is 1. The van der Waals surface area contributed by atoms with E-state index < -0.39 is 5.82 Å². The summed E-state index contributed by atoms with van der Waals surface area (Å²) in [7, 11) is 1.69. The van der Waals surface area contributed by atoms with Crippen LogP contribution >= 0.6 is 15.9 Å². The highest BCUT2D eigenvalue weighted by Gasteiger charge is 2.22. The van der Waals surface area contributed by atoms with E-state index in [4.69, 9.17) is 5.73 Å². The number of nitrogens with two attached hydrogens (primary N) is 1. The van der Waals surface area contributed by atoms with Gasteiger partial charge in [-0.15, -0.1) is 0 Å². The van der Waals surface area contributed by atoms with Crippen molar-refractivity contribution in [1.82, 2.24) is 4.90 Å². The fraction of sp³-hybridized carbons (Fsp3) is 0.462. The Morgan fingerprint density at radius 1 is 1.44 bits per heavy atom. The molecule has 0 spiro atoms. The molecule has 100 valence electrons. The number of hydrogen-bond acceptors (Lipinski definition) is 2. The van der Waals surface area contributed by atoms with Crippen LogP contribution in [0.15, 0.2) is 22.7 Å². The molecule has 0 aliphatic rings. The first-order valence-electron chi connectivity index (χ1n) is 5.67. The van der Waals surface area contributed by atoms with Crippen LogP contribution in [0.4, 0.5) is 4.39 Å². The van der Waals surface area contributed by atoms with E-state index in [-0.39, 0.29) is 11.3 Å². The van der Waals surface area contributed by atoms with Gasteiger partial charge in [0.05, 0.1) is 0 Å². The summed E-state index contributed by atoms with van der Waals surface area (Å²) >= 11 is 3.17. The molecule has 0 unspecified atom stereocenters. The molecular formula is C13H18BrFN2O.